The fraction of sp³-hybridized carbons (Fsp3) is 0.429. The molecule has 8 heteroatoms. The van der Waals surface area contributed by atoms with Gasteiger partial charge in [0, 0.05) is 24.3 Å². The summed E-state index contributed by atoms with van der Waals surface area (Å²) in [5.74, 6) is -1.95. The zero-order valence-electron chi connectivity index (χ0n) is 12.5. The number of ether oxygens (including phenoxy) is 2. The van der Waals surface area contributed by atoms with Crippen molar-refractivity contribution in [2.45, 2.75) is 26.4 Å². The molecule has 0 radical (unpaired) electrons. The topological polar surface area (TPSA) is 116 Å². The van der Waals surface area contributed by atoms with Crippen LogP contribution in [0, 0.1) is 10.1 Å². The van der Waals surface area contributed by atoms with E-state index in [4.69, 9.17) is 9.47 Å². The number of Topliss-reactive ketones (excluding diaryl/α,β-unsaturated/α-hetero) is 1. The fourth-order valence-corrected chi connectivity index (χ4v) is 1.95. The van der Waals surface area contributed by atoms with Gasteiger partial charge in [0.05, 0.1) is 17.6 Å². The Kier molecular flexibility index (Phi) is 6.00. The number of nitro groups is 1. The Morgan fingerprint density at radius 2 is 2.05 bits per heavy atom. The number of ketones is 1. The summed E-state index contributed by atoms with van der Waals surface area (Å²) in [6.45, 7) is 3.29. The molecule has 0 bridgehead atoms. The second kappa shape index (κ2) is 7.51. The molecule has 0 aromatic heterocycles. The van der Waals surface area contributed by atoms with E-state index in [-0.39, 0.29) is 23.5 Å². The molecule has 0 aliphatic carbocycles. The van der Waals surface area contributed by atoms with E-state index in [0.29, 0.717) is 6.42 Å². The number of carboxylic acids is 1. The summed E-state index contributed by atoms with van der Waals surface area (Å²) in [5.41, 5.74) is -0.742. The molecule has 1 aromatic rings. The lowest BCUT2D eigenvalue weighted by molar-refractivity contribution is -0.385. The number of benzene rings is 1. The van der Waals surface area contributed by atoms with Crippen molar-refractivity contribution in [3.05, 3.63) is 33.4 Å². The first-order valence-electron chi connectivity index (χ1n) is 6.55. The molecule has 0 saturated heterocycles. The lowest BCUT2D eigenvalue weighted by atomic mass is 9.98. The molecule has 0 amide bonds. The number of nitrogens with zero attached hydrogens (tertiary/aromatic N) is 1. The Balaban J connectivity index is 3.53. The number of nitro benzene ring substituents is 1. The van der Waals surface area contributed by atoms with Crippen molar-refractivity contribution in [1.29, 1.82) is 0 Å². The van der Waals surface area contributed by atoms with Crippen LogP contribution >= 0.6 is 0 Å². The minimum Gasteiger partial charge on any atom is -0.490 e. The number of methoxy groups -OCH3 is 1. The maximum atomic E-state index is 11.7. The van der Waals surface area contributed by atoms with Crippen LogP contribution in [0.2, 0.25) is 0 Å². The van der Waals surface area contributed by atoms with Gasteiger partial charge in [-0.2, -0.15) is 0 Å². The smallest absolute Gasteiger partial charge is 0.336 e. The number of hydrogen-bond acceptors (Lipinski definition) is 6. The van der Waals surface area contributed by atoms with Crippen LogP contribution in [0.4, 0.5) is 5.69 Å². The summed E-state index contributed by atoms with van der Waals surface area (Å²) in [6.07, 6.45) is -0.555. The Morgan fingerprint density at radius 1 is 1.41 bits per heavy atom. The third-order valence-corrected chi connectivity index (χ3v) is 2.92. The van der Waals surface area contributed by atoms with Crippen molar-refractivity contribution in [2.75, 3.05) is 13.7 Å². The summed E-state index contributed by atoms with van der Waals surface area (Å²) >= 11 is 0. The van der Waals surface area contributed by atoms with Gasteiger partial charge in [0.25, 0.3) is 0 Å². The minimum atomic E-state index is -1.32. The van der Waals surface area contributed by atoms with Crippen LogP contribution in [0.3, 0.4) is 0 Å². The summed E-state index contributed by atoms with van der Waals surface area (Å²) < 4.78 is 10.2. The monoisotopic (exact) mass is 311 g/mol. The SMILES string of the molecule is CCCOC(C(C)=O)c1cc([N+](=O)[O-])c(OC)cc1C(=O)O. The van der Waals surface area contributed by atoms with Gasteiger partial charge in [0.1, 0.15) is 6.10 Å². The van der Waals surface area contributed by atoms with E-state index in [0.717, 1.165) is 12.1 Å². The van der Waals surface area contributed by atoms with E-state index in [9.17, 15) is 24.8 Å². The Labute approximate surface area is 126 Å². The van der Waals surface area contributed by atoms with Gasteiger partial charge in [-0.25, -0.2) is 4.79 Å². The van der Waals surface area contributed by atoms with Crippen molar-refractivity contribution in [3.63, 3.8) is 0 Å². The lowest BCUT2D eigenvalue weighted by Gasteiger charge is -2.18. The average Bonchev–Trinajstić information content (AvgIpc) is 2.46. The molecule has 1 atom stereocenters. The van der Waals surface area contributed by atoms with Gasteiger partial charge in [-0.05, 0) is 13.3 Å². The van der Waals surface area contributed by atoms with Gasteiger partial charge >= 0.3 is 11.7 Å². The second-order valence-corrected chi connectivity index (χ2v) is 4.54. The normalized spacial score (nSPS) is 11.8. The molecule has 0 spiro atoms. The fourth-order valence-electron chi connectivity index (χ4n) is 1.95. The Morgan fingerprint density at radius 3 is 2.45 bits per heavy atom. The van der Waals surface area contributed by atoms with Crippen LogP contribution in [-0.2, 0) is 9.53 Å². The van der Waals surface area contributed by atoms with E-state index < -0.39 is 28.5 Å². The average molecular weight is 311 g/mol. The number of carboxylic acid groups (broad SMARTS) is 1. The van der Waals surface area contributed by atoms with E-state index in [1.54, 1.807) is 0 Å². The zero-order chi connectivity index (χ0) is 16.9. The standard InChI is InChI=1S/C14H17NO7/c1-4-5-22-13(8(2)16)9-6-11(15(19)20)12(21-3)7-10(9)14(17)18/h6-7,13H,4-5H2,1-3H3,(H,17,18). The van der Waals surface area contributed by atoms with Crippen molar-refractivity contribution in [1.82, 2.24) is 0 Å². The largest absolute Gasteiger partial charge is 0.490 e. The van der Waals surface area contributed by atoms with Gasteiger partial charge in [-0.1, -0.05) is 6.92 Å². The Bertz CT molecular complexity index is 597. The molecular weight excluding hydrogens is 294 g/mol. The molecule has 1 unspecified atom stereocenters. The number of carbonyl (C=O) groups is 2. The number of hydrogen-bond donors (Lipinski definition) is 1. The molecule has 0 aliphatic rings. The predicted octanol–water partition coefficient (Wildman–Crippen LogP) is 2.36. The highest BCUT2D eigenvalue weighted by Gasteiger charge is 2.29. The third-order valence-electron chi connectivity index (χ3n) is 2.92. The first kappa shape index (κ1) is 17.6. The first-order valence-corrected chi connectivity index (χ1v) is 6.55. The van der Waals surface area contributed by atoms with Crippen molar-refractivity contribution in [3.8, 4) is 5.75 Å². The van der Waals surface area contributed by atoms with Gasteiger partial charge in [-0.15, -0.1) is 0 Å². The highest BCUT2D eigenvalue weighted by atomic mass is 16.6. The maximum absolute atomic E-state index is 11.7. The molecule has 0 saturated carbocycles. The van der Waals surface area contributed by atoms with Crippen LogP contribution in [-0.4, -0.2) is 35.5 Å². The van der Waals surface area contributed by atoms with Crippen molar-refractivity contribution in [2.24, 2.45) is 0 Å². The third kappa shape index (κ3) is 3.79. The molecule has 0 heterocycles. The highest BCUT2D eigenvalue weighted by Crippen LogP contribution is 2.34. The van der Waals surface area contributed by atoms with Crippen LogP contribution in [0.15, 0.2) is 12.1 Å². The summed E-state index contributed by atoms with van der Waals surface area (Å²) in [6, 6.07) is 2.05. The molecule has 1 aromatic carbocycles. The van der Waals surface area contributed by atoms with Gasteiger partial charge < -0.3 is 14.6 Å². The van der Waals surface area contributed by atoms with Crippen molar-refractivity contribution < 1.29 is 29.1 Å². The molecule has 8 nitrogen and oxygen atoms in total. The number of aromatic carboxylic acids is 1. The van der Waals surface area contributed by atoms with Crippen molar-refractivity contribution >= 4 is 17.4 Å². The van der Waals surface area contributed by atoms with Gasteiger partial charge in [0.2, 0.25) is 0 Å². The number of carbonyl (C=O) groups excluding carboxylic acids is 1. The van der Waals surface area contributed by atoms with Crippen LogP contribution in [0.25, 0.3) is 0 Å². The summed E-state index contributed by atoms with van der Waals surface area (Å²) in [7, 11) is 1.20. The van der Waals surface area contributed by atoms with Gasteiger partial charge in [0.15, 0.2) is 11.5 Å². The van der Waals surface area contributed by atoms with Crippen LogP contribution < -0.4 is 4.74 Å². The minimum absolute atomic E-state index is 0.0547. The van der Waals surface area contributed by atoms with E-state index in [1.807, 2.05) is 6.92 Å². The van der Waals surface area contributed by atoms with Crippen LogP contribution in [0.5, 0.6) is 5.75 Å². The maximum Gasteiger partial charge on any atom is 0.336 e. The molecule has 0 fully saturated rings. The van der Waals surface area contributed by atoms with E-state index in [1.165, 1.54) is 14.0 Å². The van der Waals surface area contributed by atoms with E-state index >= 15 is 0 Å². The summed E-state index contributed by atoms with van der Waals surface area (Å²) in [5, 5.41) is 20.4. The second-order valence-electron chi connectivity index (χ2n) is 4.54. The summed E-state index contributed by atoms with van der Waals surface area (Å²) in [4.78, 5) is 33.5. The first-order chi connectivity index (χ1) is 10.3. The van der Waals surface area contributed by atoms with Crippen LogP contribution in [0.1, 0.15) is 42.3 Å². The highest BCUT2D eigenvalue weighted by molar-refractivity contribution is 5.94. The molecule has 22 heavy (non-hydrogen) atoms. The molecule has 1 N–H and O–H groups in total. The Hall–Kier alpha value is -2.48. The van der Waals surface area contributed by atoms with E-state index in [2.05, 4.69) is 0 Å². The lowest BCUT2D eigenvalue weighted by Crippen LogP contribution is -2.18. The predicted molar refractivity (Wildman–Crippen MR) is 76.3 cm³/mol. The number of rotatable bonds is 8. The molecule has 120 valence electrons. The quantitative estimate of drug-likeness (QED) is 0.578. The zero-order valence-corrected chi connectivity index (χ0v) is 12.5. The van der Waals surface area contributed by atoms with Gasteiger partial charge in [-0.3, -0.25) is 14.9 Å². The molecule has 1 rings (SSSR count). The molecular formula is C14H17NO7. The molecule has 0 aliphatic heterocycles.